The number of nitrogens with zero attached hydrogens (tertiary/aromatic N) is 1. The van der Waals surface area contributed by atoms with E-state index in [0.29, 0.717) is 53.3 Å². The molecule has 0 spiro atoms. The smallest absolute Gasteiger partial charge is 0.240 e. The second-order valence-corrected chi connectivity index (χ2v) is 10.3. The minimum atomic E-state index is -1.28. The lowest BCUT2D eigenvalue weighted by Gasteiger charge is -2.16. The Hall–Kier alpha value is -5.25. The first kappa shape index (κ1) is 27.9. The first-order chi connectivity index (χ1) is 20.8. The summed E-state index contributed by atoms with van der Waals surface area (Å²) in [6.07, 6.45) is 9.14. The summed E-state index contributed by atoms with van der Waals surface area (Å²) in [5, 5.41) is 5.87. The second-order valence-electron chi connectivity index (χ2n) is 10.3. The predicted octanol–water partition coefficient (Wildman–Crippen LogP) is 6.94. The lowest BCUT2D eigenvalue weighted by Crippen LogP contribution is -2.35. The molecular weight excluding hydrogens is 556 g/mol. The van der Waals surface area contributed by atoms with Crippen molar-refractivity contribution in [2.75, 3.05) is 24.4 Å². The van der Waals surface area contributed by atoms with E-state index in [4.69, 9.17) is 14.2 Å². The number of hydrogen-bond acceptors (Lipinski definition) is 6. The van der Waals surface area contributed by atoms with Gasteiger partial charge in [0.2, 0.25) is 11.8 Å². The summed E-state index contributed by atoms with van der Waals surface area (Å²) in [7, 11) is 1.53. The van der Waals surface area contributed by atoms with E-state index in [2.05, 4.69) is 21.7 Å². The molecule has 0 unspecified atom stereocenters. The number of halogens is 2. The molecule has 0 saturated heterocycles. The van der Waals surface area contributed by atoms with Gasteiger partial charge in [-0.25, -0.2) is 8.78 Å². The van der Waals surface area contributed by atoms with Crippen LogP contribution in [-0.2, 0) is 9.59 Å². The third-order valence-corrected chi connectivity index (χ3v) is 7.38. The van der Waals surface area contributed by atoms with Gasteiger partial charge in [-0.15, -0.1) is 0 Å². The molecule has 3 aromatic carbocycles. The predicted molar refractivity (Wildman–Crippen MR) is 157 cm³/mol. The Morgan fingerprint density at radius 2 is 1.63 bits per heavy atom. The van der Waals surface area contributed by atoms with E-state index >= 15 is 4.39 Å². The fraction of sp³-hybridized carbons (Fsp3) is 0.182. The zero-order valence-corrected chi connectivity index (χ0v) is 23.2. The van der Waals surface area contributed by atoms with Crippen molar-refractivity contribution in [3.63, 3.8) is 0 Å². The Morgan fingerprint density at radius 1 is 0.884 bits per heavy atom. The summed E-state index contributed by atoms with van der Waals surface area (Å²) in [5.74, 6) is -0.916. The van der Waals surface area contributed by atoms with Crippen molar-refractivity contribution in [2.24, 2.45) is 5.41 Å². The maximum atomic E-state index is 15.2. The van der Waals surface area contributed by atoms with E-state index in [-0.39, 0.29) is 11.4 Å². The number of hydrogen-bond donors (Lipinski definition) is 2. The zero-order valence-electron chi connectivity index (χ0n) is 23.2. The Morgan fingerprint density at radius 3 is 2.30 bits per heavy atom. The fourth-order valence-electron chi connectivity index (χ4n) is 4.76. The number of nitrogens with one attached hydrogen (secondary N) is 2. The number of ether oxygens (including phenoxy) is 3. The number of carbonyl (C=O) groups excluding carboxylic acids is 2. The average Bonchev–Trinajstić information content (AvgIpc) is 3.67. The van der Waals surface area contributed by atoms with Crippen molar-refractivity contribution >= 4 is 34.1 Å². The van der Waals surface area contributed by atoms with E-state index in [1.54, 1.807) is 24.4 Å². The van der Waals surface area contributed by atoms with Gasteiger partial charge in [0, 0.05) is 35.1 Å². The lowest BCUT2D eigenvalue weighted by molar-refractivity contribution is -0.131. The number of carbonyl (C=O) groups is 2. The van der Waals surface area contributed by atoms with Crippen LogP contribution < -0.4 is 24.8 Å². The van der Waals surface area contributed by atoms with Crippen molar-refractivity contribution in [3.05, 3.63) is 102 Å². The topological polar surface area (TPSA) is 98.8 Å². The fourth-order valence-corrected chi connectivity index (χ4v) is 4.76. The van der Waals surface area contributed by atoms with Crippen molar-refractivity contribution in [1.82, 2.24) is 4.98 Å². The van der Waals surface area contributed by atoms with Gasteiger partial charge in [0.15, 0.2) is 23.1 Å². The molecule has 1 heterocycles. The summed E-state index contributed by atoms with van der Waals surface area (Å²) in [4.78, 5) is 30.2. The molecule has 0 atom stereocenters. The number of pyridine rings is 1. The molecule has 10 heteroatoms. The molecular formula is C33H27F2N3O5. The zero-order chi connectivity index (χ0) is 30.0. The monoisotopic (exact) mass is 583 g/mol. The van der Waals surface area contributed by atoms with Gasteiger partial charge in [-0.2, -0.15) is 0 Å². The first-order valence-corrected chi connectivity index (χ1v) is 13.6. The SMILES string of the molecule is COc1cc2c(Oc3ccc(NC(=O)C4(C(=O)Nc5ccc(F)cc5)CC4)cc3F)ccnc2cc1OCC1=CC=CC1. The number of methoxy groups -OCH3 is 1. The van der Waals surface area contributed by atoms with Crippen LogP contribution in [0.4, 0.5) is 20.2 Å². The molecule has 43 heavy (non-hydrogen) atoms. The van der Waals surface area contributed by atoms with E-state index in [1.807, 2.05) is 12.2 Å². The Labute approximate surface area is 246 Å². The van der Waals surface area contributed by atoms with Gasteiger partial charge in [-0.1, -0.05) is 18.2 Å². The molecule has 2 aliphatic rings. The number of fused-ring (bicyclic) bond motifs is 1. The van der Waals surface area contributed by atoms with E-state index < -0.39 is 28.9 Å². The average molecular weight is 584 g/mol. The Bertz CT molecular complexity index is 1780. The van der Waals surface area contributed by atoms with E-state index in [9.17, 15) is 14.0 Å². The minimum Gasteiger partial charge on any atom is -0.493 e. The standard InChI is InChI=1S/C33H27F2N3O5/c1-41-29-17-24-26(18-30(29)42-19-20-4-2-3-5-20)36-15-12-27(24)43-28-11-10-23(16-25(28)35)38-32(40)33(13-14-33)31(39)37-22-8-6-21(34)7-9-22/h2-4,6-12,15-18H,5,13-14,19H2,1H3,(H,37,39)(H,38,40). The second kappa shape index (κ2) is 11.6. The summed E-state index contributed by atoms with van der Waals surface area (Å²) >= 11 is 0. The molecule has 2 amide bonds. The van der Waals surface area contributed by atoms with E-state index in [0.717, 1.165) is 18.1 Å². The van der Waals surface area contributed by atoms with Gasteiger partial charge in [0.25, 0.3) is 0 Å². The van der Waals surface area contributed by atoms with Gasteiger partial charge >= 0.3 is 0 Å². The van der Waals surface area contributed by atoms with Gasteiger partial charge in [0.05, 0.1) is 12.6 Å². The first-order valence-electron chi connectivity index (χ1n) is 13.6. The molecule has 1 saturated carbocycles. The highest BCUT2D eigenvalue weighted by molar-refractivity contribution is 6.16. The summed E-state index contributed by atoms with van der Waals surface area (Å²) in [6, 6.07) is 14.4. The summed E-state index contributed by atoms with van der Waals surface area (Å²) < 4.78 is 45.8. The normalized spacial score (nSPS) is 14.6. The number of benzene rings is 3. The molecule has 6 rings (SSSR count). The molecule has 0 radical (unpaired) electrons. The maximum absolute atomic E-state index is 15.2. The molecule has 218 valence electrons. The number of aromatic nitrogens is 1. The molecule has 4 aromatic rings. The number of anilines is 2. The van der Waals surface area contributed by atoms with Gasteiger partial charge in [-0.05, 0) is 73.4 Å². The maximum Gasteiger partial charge on any atom is 0.240 e. The third kappa shape index (κ3) is 5.90. The quantitative estimate of drug-likeness (QED) is 0.196. The van der Waals surface area contributed by atoms with Crippen LogP contribution >= 0.6 is 0 Å². The molecule has 0 aliphatic heterocycles. The van der Waals surface area contributed by atoms with Crippen molar-refractivity contribution in [2.45, 2.75) is 19.3 Å². The van der Waals surface area contributed by atoms with Crippen LogP contribution in [0.3, 0.4) is 0 Å². The molecule has 1 fully saturated rings. The summed E-state index contributed by atoms with van der Waals surface area (Å²) in [6.45, 7) is 0.416. The van der Waals surface area contributed by atoms with Crippen molar-refractivity contribution in [1.29, 1.82) is 0 Å². The molecule has 0 bridgehead atoms. The molecule has 8 nitrogen and oxygen atoms in total. The summed E-state index contributed by atoms with van der Waals surface area (Å²) in [5.41, 5.74) is 0.990. The molecule has 2 aliphatic carbocycles. The van der Waals surface area contributed by atoms with Crippen LogP contribution in [0, 0.1) is 17.0 Å². The number of rotatable bonds is 10. The van der Waals surface area contributed by atoms with Crippen LogP contribution in [0.2, 0.25) is 0 Å². The Kier molecular flexibility index (Phi) is 7.50. The van der Waals surface area contributed by atoms with E-state index in [1.165, 1.54) is 43.5 Å². The lowest BCUT2D eigenvalue weighted by atomic mass is 10.0. The largest absolute Gasteiger partial charge is 0.493 e. The minimum absolute atomic E-state index is 0.0688. The highest BCUT2D eigenvalue weighted by Crippen LogP contribution is 2.47. The highest BCUT2D eigenvalue weighted by Gasteiger charge is 2.56. The third-order valence-electron chi connectivity index (χ3n) is 7.38. The van der Waals surface area contributed by atoms with Crippen LogP contribution in [0.15, 0.2) is 90.7 Å². The van der Waals surface area contributed by atoms with Gasteiger partial charge < -0.3 is 24.8 Å². The molecule has 2 N–H and O–H groups in total. The van der Waals surface area contributed by atoms with Crippen LogP contribution in [0.25, 0.3) is 10.9 Å². The number of allylic oxidation sites excluding steroid dienone is 3. The van der Waals surface area contributed by atoms with Crippen LogP contribution in [-0.4, -0.2) is 30.5 Å². The van der Waals surface area contributed by atoms with Gasteiger partial charge in [-0.3, -0.25) is 14.6 Å². The van der Waals surface area contributed by atoms with Crippen molar-refractivity contribution < 1.29 is 32.6 Å². The van der Waals surface area contributed by atoms with Crippen LogP contribution in [0.5, 0.6) is 23.0 Å². The van der Waals surface area contributed by atoms with Gasteiger partial charge in [0.1, 0.15) is 23.6 Å². The van der Waals surface area contributed by atoms with Crippen molar-refractivity contribution in [3.8, 4) is 23.0 Å². The Balaban J connectivity index is 1.15. The highest BCUT2D eigenvalue weighted by atomic mass is 19.1. The van der Waals surface area contributed by atoms with Crippen LogP contribution in [0.1, 0.15) is 19.3 Å². The number of amides is 2. The molecule has 1 aromatic heterocycles.